The lowest BCUT2D eigenvalue weighted by atomic mass is 9.91. The van der Waals surface area contributed by atoms with Gasteiger partial charge in [-0.25, -0.2) is 9.57 Å². The normalized spacial score (nSPS) is 33.8. The number of aliphatic imine (C=N–C) groups is 1. The van der Waals surface area contributed by atoms with Crippen LogP contribution in [0.1, 0.15) is 41.0 Å². The number of nitrogens with two attached hydrogens (primary N) is 2. The second-order valence-electron chi connectivity index (χ2n) is 26.3. The maximum Gasteiger partial charge on any atom is 0.346 e. The zero-order valence-electron chi connectivity index (χ0n) is 56.8. The Labute approximate surface area is 604 Å². The first kappa shape index (κ1) is 79.4. The van der Waals surface area contributed by atoms with Crippen LogP contribution in [-0.2, 0) is 63.7 Å². The lowest BCUT2D eigenvalue weighted by molar-refractivity contribution is -0.663. The number of esters is 1. The molecule has 106 heavy (non-hydrogen) atoms. The number of benzene rings is 4. The van der Waals surface area contributed by atoms with E-state index in [1.165, 1.54) is 24.3 Å². The molecule has 0 spiro atoms. The second-order valence-corrected chi connectivity index (χ2v) is 26.3. The molecule has 6 aliphatic rings. The Balaban J connectivity index is 0.897. The van der Waals surface area contributed by atoms with Crippen LogP contribution in [0.2, 0.25) is 0 Å². The second kappa shape index (κ2) is 35.5. The predicted octanol–water partition coefficient (Wildman–Crippen LogP) is -10.9. The summed E-state index contributed by atoms with van der Waals surface area (Å²) >= 11 is 0. The SMILES string of the molecule is C[C@H](c1ccccc1)[C@H]1NC(=O)CNC(=O)C(CO)NC(=O)[C@@H]([C@H](O)[C@@H]2CNC(N)=[N+]2[C@@H]2O[C@@H](CO)[C@H](O)[C@H](O)[C@@H]2O)NC(=O)[C@H]([C@H](O)[C@@H]2CNC(N)=N2)NC(=O)[C@@H](Cc2ccc(O[C@@H]3O[C@H](CO)[C@H](O[C@@H]4O[C@@H](COC(=O)C(c5ccccc5)c5ccccc5)[C@H](O)[C@H](O)[C@@H]4O)[C@@H](O)[C@H]3O)cc2)NC1=O. The fourth-order valence-corrected chi connectivity index (χ4v) is 13.3. The number of aliphatic hydroxyl groups is 13. The van der Waals surface area contributed by atoms with Crippen molar-refractivity contribution in [2.75, 3.05) is 46.1 Å². The van der Waals surface area contributed by atoms with Crippen molar-refractivity contribution in [2.45, 2.75) is 172 Å². The topological polar surface area (TPSA) is 602 Å². The third-order valence-corrected chi connectivity index (χ3v) is 19.3. The molecule has 0 saturated carbocycles. The standard InChI is InChI=1S/C68H88N12O26/c1-29(31-11-5-2-6-12-31)44-60(97)74-35(21-30-17-19-34(20-18-30)102-65-56(94)53(91)57(40(27-83)104-65)106-66-55(93)52(90)50(88)41(105-66)28-101-64(100)43(32-13-7-3-8-14-32)33-15-9-4-10-16-33)59(96)78-45(47(85)36-22-72-67(69)76-36)62(99)79-46(61(98)75-37(25-81)58(95)71-24-42(84)77-44)48(86)38-23-73-68(70)80(38)63-54(92)51(89)49(87)39(26-82)103-63/h2-20,29,35-41,43-57,63,65-66,81-83,85-94H,21-28H2,1H3,(H11,69,70,71,72,73,74,75,76,77,78,79,84,95,96,97,98,99)/p+1/t29-,35-,36+,37?,38+,39+,40-,41+,44-,45+,46-,47-,48-,49+,50+,51+,52+,53+,54+,55+,56-,57+,63-,65-,66+/m1/s1. The quantitative estimate of drug-likeness (QED) is 0.0272. The molecule has 38 nitrogen and oxygen atoms in total. The Kier molecular flexibility index (Phi) is 26.6. The summed E-state index contributed by atoms with van der Waals surface area (Å²) in [5, 5.41) is 164. The van der Waals surface area contributed by atoms with E-state index in [1.54, 1.807) is 97.9 Å². The van der Waals surface area contributed by atoms with Gasteiger partial charge in [-0.1, -0.05) is 110 Å². The molecule has 4 aromatic carbocycles. The van der Waals surface area contributed by atoms with Gasteiger partial charge in [-0.3, -0.25) is 44.6 Å². The molecule has 38 heteroatoms. The van der Waals surface area contributed by atoms with E-state index in [4.69, 9.17) is 39.9 Å². The summed E-state index contributed by atoms with van der Waals surface area (Å²) in [6.45, 7) is -3.70. The van der Waals surface area contributed by atoms with E-state index in [1.807, 2.05) is 0 Å². The molecule has 6 aliphatic heterocycles. The molecule has 0 radical (unpaired) electrons. The lowest BCUT2D eigenvalue weighted by Crippen LogP contribution is -2.68. The summed E-state index contributed by atoms with van der Waals surface area (Å²) in [5.41, 5.74) is 14.1. The number of amides is 6. The fraction of sp³-hybridized carbons (Fsp3) is 0.515. The van der Waals surface area contributed by atoms with Gasteiger partial charge >= 0.3 is 11.9 Å². The number of hydrogen-bond donors (Lipinski definition) is 23. The Bertz CT molecular complexity index is 3710. The molecule has 1 unspecified atom stereocenters. The Morgan fingerprint density at radius 1 is 0.547 bits per heavy atom. The first-order valence-corrected chi connectivity index (χ1v) is 34.0. The average molecular weight is 1490 g/mol. The van der Waals surface area contributed by atoms with Gasteiger partial charge in [-0.2, -0.15) is 0 Å². The zero-order chi connectivity index (χ0) is 76.4. The molecule has 4 saturated heterocycles. The van der Waals surface area contributed by atoms with Crippen molar-refractivity contribution in [2.24, 2.45) is 16.5 Å². The zero-order valence-corrected chi connectivity index (χ0v) is 56.8. The van der Waals surface area contributed by atoms with Gasteiger partial charge in [0.2, 0.25) is 48.0 Å². The number of hydrogen-bond acceptors (Lipinski definition) is 31. The van der Waals surface area contributed by atoms with Crippen LogP contribution in [0.25, 0.3) is 0 Å². The highest BCUT2D eigenvalue weighted by Gasteiger charge is 2.55. The molecule has 0 aliphatic carbocycles. The van der Waals surface area contributed by atoms with E-state index in [2.05, 4.69) is 47.5 Å². The number of carbonyl (C=O) groups excluding carboxylic acids is 7. The van der Waals surface area contributed by atoms with Crippen LogP contribution >= 0.6 is 0 Å². The fourth-order valence-electron chi connectivity index (χ4n) is 13.3. The molecule has 10 rings (SSSR count). The maximum absolute atomic E-state index is 15.2. The maximum atomic E-state index is 15.2. The minimum Gasteiger partial charge on any atom is -0.462 e. The van der Waals surface area contributed by atoms with E-state index >= 15 is 9.59 Å². The summed E-state index contributed by atoms with van der Waals surface area (Å²) in [6.07, 6.45) is -32.5. The van der Waals surface area contributed by atoms with Crippen molar-refractivity contribution in [3.8, 4) is 5.75 Å². The van der Waals surface area contributed by atoms with E-state index in [-0.39, 0.29) is 29.8 Å². The third-order valence-electron chi connectivity index (χ3n) is 19.3. The van der Waals surface area contributed by atoms with Gasteiger partial charge in [-0.15, -0.1) is 0 Å². The summed E-state index contributed by atoms with van der Waals surface area (Å²) in [4.78, 5) is 106. The van der Waals surface area contributed by atoms with E-state index < -0.39 is 246 Å². The molecule has 4 fully saturated rings. The molecular formula is C68H89N12O26+. The van der Waals surface area contributed by atoms with Gasteiger partial charge in [0.05, 0.1) is 32.4 Å². The van der Waals surface area contributed by atoms with Crippen molar-refractivity contribution in [3.05, 3.63) is 138 Å². The smallest absolute Gasteiger partial charge is 0.346 e. The molecule has 4 aromatic rings. The Hall–Kier alpha value is -9.17. The van der Waals surface area contributed by atoms with Gasteiger partial charge in [0, 0.05) is 18.9 Å². The molecule has 25 N–H and O–H groups in total. The molecule has 0 aromatic heterocycles. The largest absolute Gasteiger partial charge is 0.462 e. The van der Waals surface area contributed by atoms with Crippen LogP contribution in [0, 0.1) is 0 Å². The summed E-state index contributed by atoms with van der Waals surface area (Å²) in [6, 6.07) is 18.1. The van der Waals surface area contributed by atoms with Gasteiger partial charge in [-0.05, 0) is 34.4 Å². The van der Waals surface area contributed by atoms with Gasteiger partial charge in [0.1, 0.15) is 147 Å². The number of carbonyl (C=O) groups is 7. The number of ether oxygens (including phenoxy) is 6. The first-order chi connectivity index (χ1) is 50.7. The monoisotopic (exact) mass is 1490 g/mol. The van der Waals surface area contributed by atoms with Crippen LogP contribution in [0.4, 0.5) is 0 Å². The minimum absolute atomic E-state index is 0.0932. The molecular weight excluding hydrogens is 1400 g/mol. The summed E-state index contributed by atoms with van der Waals surface area (Å²) in [5.74, 6) is -10.6. The molecule has 6 amide bonds. The highest BCUT2D eigenvalue weighted by atomic mass is 16.7. The highest BCUT2D eigenvalue weighted by molar-refractivity contribution is 5.98. The van der Waals surface area contributed by atoms with Crippen molar-refractivity contribution in [1.82, 2.24) is 42.5 Å². The molecule has 25 atom stereocenters. The van der Waals surface area contributed by atoms with E-state index in [9.17, 15) is 90.4 Å². The van der Waals surface area contributed by atoms with Crippen molar-refractivity contribution in [3.63, 3.8) is 0 Å². The van der Waals surface area contributed by atoms with Crippen LogP contribution in [0.15, 0.2) is 120 Å². The molecule has 576 valence electrons. The van der Waals surface area contributed by atoms with Gasteiger partial charge < -0.3 is 138 Å². The third kappa shape index (κ3) is 18.1. The number of rotatable bonds is 21. The van der Waals surface area contributed by atoms with Crippen LogP contribution in [0.5, 0.6) is 5.75 Å². The first-order valence-electron chi connectivity index (χ1n) is 34.0. The van der Waals surface area contributed by atoms with Crippen LogP contribution < -0.4 is 58.7 Å². The van der Waals surface area contributed by atoms with Crippen molar-refractivity contribution in [1.29, 1.82) is 0 Å². The van der Waals surface area contributed by atoms with Gasteiger partial charge in [0.25, 0.3) is 0 Å². The Morgan fingerprint density at radius 2 is 1.09 bits per heavy atom. The van der Waals surface area contributed by atoms with E-state index in [0.717, 1.165) is 4.58 Å². The number of guanidine groups is 2. The van der Waals surface area contributed by atoms with Crippen molar-refractivity contribution >= 4 is 53.3 Å². The number of nitrogens with zero attached hydrogens (tertiary/aromatic N) is 2. The predicted molar refractivity (Wildman–Crippen MR) is 361 cm³/mol. The van der Waals surface area contributed by atoms with Crippen LogP contribution in [-0.4, -0.2) is 317 Å². The average Bonchev–Trinajstić information content (AvgIpc) is 1.53. The van der Waals surface area contributed by atoms with E-state index in [0.29, 0.717) is 16.7 Å². The summed E-state index contributed by atoms with van der Waals surface area (Å²) < 4.78 is 35.9. The number of nitrogens with one attached hydrogen (secondary N) is 8. The summed E-state index contributed by atoms with van der Waals surface area (Å²) in [7, 11) is 0. The molecule has 6 heterocycles. The number of aliphatic hydroxyl groups excluding tert-OH is 13. The molecule has 0 bridgehead atoms. The van der Waals surface area contributed by atoms with Crippen molar-refractivity contribution < 1.29 is 133 Å². The Morgan fingerprint density at radius 3 is 1.70 bits per heavy atom. The minimum atomic E-state index is -2.34. The lowest BCUT2D eigenvalue weighted by Gasteiger charge is -2.46. The highest BCUT2D eigenvalue weighted by Crippen LogP contribution is 2.33. The van der Waals surface area contributed by atoms with Crippen LogP contribution in [0.3, 0.4) is 0 Å². The van der Waals surface area contributed by atoms with Gasteiger partial charge in [0.15, 0.2) is 12.2 Å².